The van der Waals surface area contributed by atoms with Gasteiger partial charge < -0.3 is 4.90 Å². The van der Waals surface area contributed by atoms with E-state index in [1.54, 1.807) is 17.9 Å². The van der Waals surface area contributed by atoms with Crippen molar-refractivity contribution in [2.75, 3.05) is 13.1 Å². The molecular formula is C25H25F3N4O. The number of benzene rings is 2. The molecule has 1 fully saturated rings. The van der Waals surface area contributed by atoms with Crippen molar-refractivity contribution in [1.29, 1.82) is 0 Å². The third-order valence-corrected chi connectivity index (χ3v) is 6.26. The molecule has 8 heteroatoms. The van der Waals surface area contributed by atoms with E-state index in [-0.39, 0.29) is 17.5 Å². The van der Waals surface area contributed by atoms with Gasteiger partial charge in [0.15, 0.2) is 0 Å². The lowest BCUT2D eigenvalue weighted by molar-refractivity contribution is -0.127. The van der Waals surface area contributed by atoms with Crippen LogP contribution in [0.25, 0.3) is 11.3 Å². The lowest BCUT2D eigenvalue weighted by Gasteiger charge is -2.40. The van der Waals surface area contributed by atoms with Crippen LogP contribution in [0.3, 0.4) is 0 Å². The van der Waals surface area contributed by atoms with Crippen molar-refractivity contribution < 1.29 is 18.0 Å². The Balaban J connectivity index is 1.55. The third kappa shape index (κ3) is 4.55. The lowest BCUT2D eigenvalue weighted by Crippen LogP contribution is -2.48. The van der Waals surface area contributed by atoms with Crippen LogP contribution in [0.1, 0.15) is 44.2 Å². The number of carbonyl (C=O) groups excluding carboxylic acids is 1. The molecule has 33 heavy (non-hydrogen) atoms. The maximum atomic E-state index is 13.2. The van der Waals surface area contributed by atoms with Gasteiger partial charge in [-0.25, -0.2) is 0 Å². The van der Waals surface area contributed by atoms with Crippen molar-refractivity contribution in [2.24, 2.45) is 4.99 Å². The Morgan fingerprint density at radius 2 is 1.82 bits per heavy atom. The first-order chi connectivity index (χ1) is 15.6. The molecule has 3 aromatic rings. The first-order valence-electron chi connectivity index (χ1n) is 10.7. The molecular weight excluding hydrogens is 429 g/mol. The number of nitrogens with zero attached hydrogens (tertiary/aromatic N) is 3. The van der Waals surface area contributed by atoms with Crippen LogP contribution in [0.5, 0.6) is 0 Å². The molecule has 5 nitrogen and oxygen atoms in total. The molecule has 0 bridgehead atoms. The summed E-state index contributed by atoms with van der Waals surface area (Å²) in [6, 6.07) is 11.5. The summed E-state index contributed by atoms with van der Waals surface area (Å²) < 4.78 is 38.6. The van der Waals surface area contributed by atoms with Crippen molar-refractivity contribution in [1.82, 2.24) is 15.1 Å². The average molecular weight is 454 g/mol. The summed E-state index contributed by atoms with van der Waals surface area (Å²) in [5.41, 5.74) is 5.77. The molecule has 2 heterocycles. The predicted molar refractivity (Wildman–Crippen MR) is 122 cm³/mol. The first kappa shape index (κ1) is 22.8. The maximum Gasteiger partial charge on any atom is 0.394 e. The number of aliphatic imine (C=N–C) groups is 1. The highest BCUT2D eigenvalue weighted by molar-refractivity contribution is 5.98. The van der Waals surface area contributed by atoms with Gasteiger partial charge in [-0.2, -0.15) is 18.3 Å². The van der Waals surface area contributed by atoms with Gasteiger partial charge in [-0.15, -0.1) is 0 Å². The minimum absolute atomic E-state index is 0.0357. The number of hydrogen-bond acceptors (Lipinski definition) is 3. The molecule has 0 spiro atoms. The predicted octanol–water partition coefficient (Wildman–Crippen LogP) is 5.68. The van der Waals surface area contributed by atoms with Gasteiger partial charge in [-0.3, -0.25) is 14.9 Å². The van der Waals surface area contributed by atoms with E-state index in [0.717, 1.165) is 22.4 Å². The number of nitrogens with one attached hydrogen (secondary N) is 1. The van der Waals surface area contributed by atoms with E-state index in [9.17, 15) is 18.0 Å². The second kappa shape index (κ2) is 8.50. The number of aromatic nitrogens is 2. The zero-order chi connectivity index (χ0) is 23.9. The van der Waals surface area contributed by atoms with Gasteiger partial charge in [0.05, 0.1) is 17.8 Å². The van der Waals surface area contributed by atoms with Crippen molar-refractivity contribution in [3.8, 4) is 11.3 Å². The fraction of sp³-hybridized carbons (Fsp3) is 0.320. The van der Waals surface area contributed by atoms with Gasteiger partial charge in [-0.1, -0.05) is 18.2 Å². The molecule has 1 amide bonds. The van der Waals surface area contributed by atoms with Crippen LogP contribution in [0, 0.1) is 20.8 Å². The molecule has 0 unspecified atom stereocenters. The number of hydrogen-bond donors (Lipinski definition) is 1. The van der Waals surface area contributed by atoms with Crippen LogP contribution < -0.4 is 0 Å². The van der Waals surface area contributed by atoms with E-state index >= 15 is 0 Å². The highest BCUT2D eigenvalue weighted by Gasteiger charge is 2.34. The quantitative estimate of drug-likeness (QED) is 0.505. The Hall–Kier alpha value is -3.42. The molecule has 0 saturated carbocycles. The fourth-order valence-electron chi connectivity index (χ4n) is 4.28. The topological polar surface area (TPSA) is 61.4 Å². The highest BCUT2D eigenvalue weighted by Crippen LogP contribution is 2.34. The number of alkyl halides is 3. The van der Waals surface area contributed by atoms with E-state index in [0.29, 0.717) is 35.5 Å². The summed E-state index contributed by atoms with van der Waals surface area (Å²) >= 11 is 0. The molecule has 0 aliphatic carbocycles. The van der Waals surface area contributed by atoms with Gasteiger partial charge in [-0.05, 0) is 67.9 Å². The smallest absolute Gasteiger partial charge is 0.337 e. The zero-order valence-electron chi connectivity index (χ0n) is 18.8. The fourth-order valence-corrected chi connectivity index (χ4v) is 4.28. The molecule has 1 aliphatic heterocycles. The Bertz CT molecular complexity index is 1210. The monoisotopic (exact) mass is 454 g/mol. The van der Waals surface area contributed by atoms with Crippen molar-refractivity contribution in [3.63, 3.8) is 0 Å². The van der Waals surface area contributed by atoms with Gasteiger partial charge in [0.25, 0.3) is 5.91 Å². The number of amides is 1. The largest absolute Gasteiger partial charge is 0.394 e. The normalized spacial score (nSPS) is 14.3. The van der Waals surface area contributed by atoms with E-state index in [4.69, 9.17) is 0 Å². The van der Waals surface area contributed by atoms with Crippen LogP contribution in [-0.4, -0.2) is 47.0 Å². The van der Waals surface area contributed by atoms with Crippen LogP contribution in [0.15, 0.2) is 41.4 Å². The van der Waals surface area contributed by atoms with Gasteiger partial charge in [0.1, 0.15) is 0 Å². The molecule has 172 valence electrons. The van der Waals surface area contributed by atoms with Gasteiger partial charge >= 0.3 is 6.18 Å². The van der Waals surface area contributed by atoms with E-state index in [1.807, 2.05) is 44.2 Å². The number of aromatic amines is 1. The number of halogens is 3. The first-order valence-corrected chi connectivity index (χ1v) is 10.7. The van der Waals surface area contributed by atoms with E-state index in [1.165, 1.54) is 0 Å². The summed E-state index contributed by atoms with van der Waals surface area (Å²) in [7, 11) is 0. The number of aryl methyl sites for hydroxylation is 2. The second-order valence-electron chi connectivity index (χ2n) is 8.61. The lowest BCUT2D eigenvalue weighted by atomic mass is 9.89. The van der Waals surface area contributed by atoms with Crippen LogP contribution in [0.2, 0.25) is 0 Å². The third-order valence-electron chi connectivity index (χ3n) is 6.26. The van der Waals surface area contributed by atoms with E-state index in [2.05, 4.69) is 21.9 Å². The average Bonchev–Trinajstić information content (AvgIpc) is 3.06. The second-order valence-corrected chi connectivity index (χ2v) is 8.61. The summed E-state index contributed by atoms with van der Waals surface area (Å²) in [4.78, 5) is 18.9. The van der Waals surface area contributed by atoms with Crippen molar-refractivity contribution in [3.05, 3.63) is 69.9 Å². The molecule has 0 atom stereocenters. The number of H-pyrrole nitrogens is 1. The standard InChI is InChI=1S/C25H25F3N4O/c1-14-9-15(2)21(10-20(14)23-16(3)22(30-31-23)11-25(26,27)28)24(33)32-12-18(13-32)17-5-7-19(29-4)8-6-17/h5-10,18H,4,11-13H2,1-3H3,(H,30,31). The summed E-state index contributed by atoms with van der Waals surface area (Å²) in [5.74, 6) is 0.176. The summed E-state index contributed by atoms with van der Waals surface area (Å²) in [6.45, 7) is 10.1. The van der Waals surface area contributed by atoms with Crippen LogP contribution in [0.4, 0.5) is 18.9 Å². The zero-order valence-corrected chi connectivity index (χ0v) is 18.8. The highest BCUT2D eigenvalue weighted by atomic mass is 19.4. The minimum atomic E-state index is -4.32. The van der Waals surface area contributed by atoms with E-state index < -0.39 is 12.6 Å². The number of rotatable bonds is 5. The Morgan fingerprint density at radius 3 is 2.42 bits per heavy atom. The van der Waals surface area contributed by atoms with Crippen LogP contribution in [-0.2, 0) is 6.42 Å². The molecule has 1 aliphatic rings. The van der Waals surface area contributed by atoms with Crippen molar-refractivity contribution in [2.45, 2.75) is 39.3 Å². The van der Waals surface area contributed by atoms with Gasteiger partial charge in [0, 0.05) is 35.8 Å². The number of likely N-dealkylation sites (tertiary alicyclic amines) is 1. The number of carbonyl (C=O) groups is 1. The molecule has 1 N–H and O–H groups in total. The van der Waals surface area contributed by atoms with Gasteiger partial charge in [0.2, 0.25) is 0 Å². The summed E-state index contributed by atoms with van der Waals surface area (Å²) in [6.07, 6.45) is -5.39. The van der Waals surface area contributed by atoms with Crippen LogP contribution >= 0.6 is 0 Å². The Morgan fingerprint density at radius 1 is 1.15 bits per heavy atom. The minimum Gasteiger partial charge on any atom is -0.337 e. The maximum absolute atomic E-state index is 13.2. The molecule has 2 aromatic carbocycles. The molecule has 0 radical (unpaired) electrons. The SMILES string of the molecule is C=Nc1ccc(C2CN(C(=O)c3cc(-c4n[nH]c(CC(F)(F)F)c4C)c(C)cc3C)C2)cc1. The molecule has 4 rings (SSSR count). The molecule has 1 saturated heterocycles. The Labute approximate surface area is 190 Å². The summed E-state index contributed by atoms with van der Waals surface area (Å²) in [5, 5.41) is 6.66. The molecule has 1 aromatic heterocycles. The van der Waals surface area contributed by atoms with Crippen molar-refractivity contribution >= 4 is 18.3 Å². The Kier molecular flexibility index (Phi) is 5.86.